The van der Waals surface area contributed by atoms with E-state index in [1.807, 2.05) is 26.0 Å². The van der Waals surface area contributed by atoms with Gasteiger partial charge in [0.05, 0.1) is 30.8 Å². The van der Waals surface area contributed by atoms with Gasteiger partial charge in [-0.3, -0.25) is 4.79 Å². The Labute approximate surface area is 202 Å². The average Bonchev–Trinajstić information content (AvgIpc) is 3.30. The number of phenols is 1. The lowest BCUT2D eigenvalue weighted by Crippen LogP contribution is -2.45. The molecular weight excluding hydrogens is 448 g/mol. The summed E-state index contributed by atoms with van der Waals surface area (Å²) in [5, 5.41) is 13.3. The van der Waals surface area contributed by atoms with Gasteiger partial charge in [-0.25, -0.2) is 14.8 Å². The summed E-state index contributed by atoms with van der Waals surface area (Å²) in [5.74, 6) is -0.0936. The summed E-state index contributed by atoms with van der Waals surface area (Å²) in [6.07, 6.45) is 1.64. The Bertz CT molecular complexity index is 1400. The van der Waals surface area contributed by atoms with Crippen LogP contribution in [0.25, 0.3) is 33.5 Å². The predicted molar refractivity (Wildman–Crippen MR) is 131 cm³/mol. The number of amides is 1. The van der Waals surface area contributed by atoms with Crippen molar-refractivity contribution in [2.24, 2.45) is 5.92 Å². The van der Waals surface area contributed by atoms with Crippen molar-refractivity contribution >= 4 is 22.9 Å². The maximum atomic E-state index is 12.8. The molecule has 180 valence electrons. The number of ether oxygens (including phenoxy) is 2. The van der Waals surface area contributed by atoms with Crippen LogP contribution in [0.5, 0.6) is 11.6 Å². The summed E-state index contributed by atoms with van der Waals surface area (Å²) in [5.41, 5.74) is 3.64. The first-order valence-electron chi connectivity index (χ1n) is 11.0. The van der Waals surface area contributed by atoms with E-state index in [4.69, 9.17) is 9.47 Å². The highest BCUT2D eigenvalue weighted by Gasteiger charge is 2.25. The molecule has 0 spiro atoms. The Balaban J connectivity index is 1.67. The minimum Gasteiger partial charge on any atom is -0.507 e. The number of H-pyrrole nitrogens is 1. The van der Waals surface area contributed by atoms with Gasteiger partial charge in [0.25, 0.3) is 5.91 Å². The summed E-state index contributed by atoms with van der Waals surface area (Å²) in [6.45, 7) is 3.65. The number of hydrogen-bond donors (Lipinski definition) is 3. The zero-order chi connectivity index (χ0) is 25.1. The molecule has 9 nitrogen and oxygen atoms in total. The van der Waals surface area contributed by atoms with Gasteiger partial charge in [0, 0.05) is 17.3 Å². The molecule has 1 atom stereocenters. The van der Waals surface area contributed by atoms with E-state index in [1.54, 1.807) is 49.7 Å². The number of nitrogens with zero attached hydrogens (tertiary/aromatic N) is 2. The van der Waals surface area contributed by atoms with Crippen molar-refractivity contribution in [3.63, 3.8) is 0 Å². The van der Waals surface area contributed by atoms with Gasteiger partial charge < -0.3 is 24.9 Å². The third-order valence-corrected chi connectivity index (χ3v) is 5.68. The lowest BCUT2D eigenvalue weighted by molar-refractivity contribution is -0.144. The van der Waals surface area contributed by atoms with Crippen molar-refractivity contribution in [3.05, 3.63) is 60.3 Å². The van der Waals surface area contributed by atoms with Crippen LogP contribution in [0.4, 0.5) is 0 Å². The van der Waals surface area contributed by atoms with E-state index in [9.17, 15) is 14.7 Å². The number of nitrogens with one attached hydrogen (secondary N) is 2. The van der Waals surface area contributed by atoms with Crippen LogP contribution >= 0.6 is 0 Å². The number of hydrogen-bond acceptors (Lipinski definition) is 7. The molecule has 2 aromatic heterocycles. The van der Waals surface area contributed by atoms with Crippen molar-refractivity contribution in [1.29, 1.82) is 0 Å². The van der Waals surface area contributed by atoms with Gasteiger partial charge >= 0.3 is 5.97 Å². The van der Waals surface area contributed by atoms with Gasteiger partial charge in [0.1, 0.15) is 17.6 Å². The highest BCUT2D eigenvalue weighted by atomic mass is 16.5. The van der Waals surface area contributed by atoms with Crippen LogP contribution in [0.3, 0.4) is 0 Å². The Morgan fingerprint density at radius 2 is 1.86 bits per heavy atom. The quantitative estimate of drug-likeness (QED) is 0.346. The summed E-state index contributed by atoms with van der Waals surface area (Å²) in [7, 11) is 2.84. The minimum atomic E-state index is -0.762. The molecule has 35 heavy (non-hydrogen) atoms. The Hall–Kier alpha value is -4.40. The first-order valence-corrected chi connectivity index (χ1v) is 11.0. The highest BCUT2D eigenvalue weighted by molar-refractivity contribution is 5.99. The van der Waals surface area contributed by atoms with Crippen LogP contribution in [0.1, 0.15) is 24.2 Å². The molecule has 4 aromatic rings. The number of aromatic hydroxyl groups is 1. The van der Waals surface area contributed by atoms with Crippen LogP contribution < -0.4 is 10.1 Å². The van der Waals surface area contributed by atoms with Gasteiger partial charge in [0.15, 0.2) is 0 Å². The van der Waals surface area contributed by atoms with E-state index in [0.717, 1.165) is 11.1 Å². The number of benzene rings is 2. The molecule has 0 radical (unpaired) electrons. The number of phenolic OH excluding ortho intramolecular Hbond substituents is 1. The number of imidazole rings is 1. The highest BCUT2D eigenvalue weighted by Crippen LogP contribution is 2.35. The van der Waals surface area contributed by atoms with Crippen molar-refractivity contribution in [2.45, 2.75) is 19.9 Å². The lowest BCUT2D eigenvalue weighted by Gasteiger charge is -2.19. The second kappa shape index (κ2) is 9.84. The topological polar surface area (TPSA) is 126 Å². The van der Waals surface area contributed by atoms with Crippen molar-refractivity contribution in [1.82, 2.24) is 20.3 Å². The average molecular weight is 475 g/mol. The van der Waals surface area contributed by atoms with Gasteiger partial charge in [-0.05, 0) is 53.9 Å². The number of methoxy groups -OCH3 is 2. The third kappa shape index (κ3) is 4.79. The van der Waals surface area contributed by atoms with E-state index in [0.29, 0.717) is 33.9 Å². The standard InChI is InChI=1S/C26H26N4O5/c1-14(2)22(26(33)35-4)30-24(32)16-7-9-19-20(13-16)29-23(28-19)18-12-15(8-10-21(18)31)17-6-5-11-27-25(17)34-3/h5-14,22,31H,1-4H3,(H,28,29)(H,30,32)/t22-/m0/s1. The van der Waals surface area contributed by atoms with Crippen molar-refractivity contribution < 1.29 is 24.2 Å². The number of aromatic amines is 1. The summed E-state index contributed by atoms with van der Waals surface area (Å²) in [4.78, 5) is 36.8. The van der Waals surface area contributed by atoms with Crippen LogP contribution in [-0.4, -0.2) is 52.2 Å². The van der Waals surface area contributed by atoms with Gasteiger partial charge in [-0.15, -0.1) is 0 Å². The molecule has 0 unspecified atom stereocenters. The van der Waals surface area contributed by atoms with Crippen LogP contribution in [-0.2, 0) is 9.53 Å². The number of fused-ring (bicyclic) bond motifs is 1. The van der Waals surface area contributed by atoms with E-state index < -0.39 is 17.9 Å². The fourth-order valence-electron chi connectivity index (χ4n) is 3.79. The van der Waals surface area contributed by atoms with E-state index >= 15 is 0 Å². The molecule has 2 heterocycles. The summed E-state index contributed by atoms with van der Waals surface area (Å²) < 4.78 is 10.2. The van der Waals surface area contributed by atoms with E-state index in [2.05, 4.69) is 20.3 Å². The number of aromatic nitrogens is 3. The smallest absolute Gasteiger partial charge is 0.328 e. The van der Waals surface area contributed by atoms with Crippen LogP contribution in [0.2, 0.25) is 0 Å². The SMILES string of the molecule is COC(=O)[C@@H](NC(=O)c1ccc2[nH]c(-c3cc(-c4cccnc4OC)ccc3O)nc2c1)C(C)C. The molecule has 3 N–H and O–H groups in total. The van der Waals surface area contributed by atoms with Gasteiger partial charge in [-0.1, -0.05) is 19.9 Å². The second-order valence-corrected chi connectivity index (χ2v) is 8.33. The molecule has 0 aliphatic heterocycles. The van der Waals surface area contributed by atoms with Crippen LogP contribution in [0, 0.1) is 5.92 Å². The van der Waals surface area contributed by atoms with Crippen LogP contribution in [0.15, 0.2) is 54.7 Å². The van der Waals surface area contributed by atoms with E-state index in [-0.39, 0.29) is 11.7 Å². The maximum Gasteiger partial charge on any atom is 0.328 e. The fraction of sp³-hybridized carbons (Fsp3) is 0.231. The molecule has 2 aromatic carbocycles. The maximum absolute atomic E-state index is 12.8. The predicted octanol–water partition coefficient (Wildman–Crippen LogP) is 3.93. The first kappa shape index (κ1) is 23.7. The molecule has 0 fully saturated rings. The largest absolute Gasteiger partial charge is 0.507 e. The summed E-state index contributed by atoms with van der Waals surface area (Å²) >= 11 is 0. The number of carbonyl (C=O) groups excluding carboxylic acids is 2. The summed E-state index contributed by atoms with van der Waals surface area (Å²) in [6, 6.07) is 13.1. The first-order chi connectivity index (χ1) is 16.8. The number of pyridine rings is 1. The van der Waals surface area contributed by atoms with Gasteiger partial charge in [-0.2, -0.15) is 0 Å². The van der Waals surface area contributed by atoms with Gasteiger partial charge in [0.2, 0.25) is 5.88 Å². The Kier molecular flexibility index (Phi) is 6.68. The number of esters is 1. The third-order valence-electron chi connectivity index (χ3n) is 5.68. The Morgan fingerprint density at radius 3 is 2.57 bits per heavy atom. The second-order valence-electron chi connectivity index (χ2n) is 8.33. The number of carbonyl (C=O) groups is 2. The van der Waals surface area contributed by atoms with E-state index in [1.165, 1.54) is 7.11 Å². The normalized spacial score (nSPS) is 11.9. The molecule has 0 saturated heterocycles. The molecular formula is C26H26N4O5. The van der Waals surface area contributed by atoms with Crippen molar-refractivity contribution in [3.8, 4) is 34.1 Å². The molecule has 4 rings (SSSR count). The lowest BCUT2D eigenvalue weighted by atomic mass is 10.0. The Morgan fingerprint density at radius 1 is 1.06 bits per heavy atom. The zero-order valence-electron chi connectivity index (χ0n) is 19.8. The van der Waals surface area contributed by atoms with Crippen molar-refractivity contribution in [2.75, 3.05) is 14.2 Å². The zero-order valence-corrected chi connectivity index (χ0v) is 19.8. The minimum absolute atomic E-state index is 0.0477. The molecule has 0 bridgehead atoms. The molecule has 0 aliphatic rings. The molecule has 0 saturated carbocycles. The fourth-order valence-corrected chi connectivity index (χ4v) is 3.79. The molecule has 1 amide bonds. The number of rotatable bonds is 7. The molecule has 0 aliphatic carbocycles. The molecule has 9 heteroatoms. The monoisotopic (exact) mass is 474 g/mol.